The average molecular weight is 204 g/mol. The molecule has 4 heteroatoms. The number of thioether (sulfide) groups is 1. The van der Waals surface area contributed by atoms with Crippen LogP contribution < -0.4 is 0 Å². The summed E-state index contributed by atoms with van der Waals surface area (Å²) in [5, 5.41) is 9.43. The zero-order valence-corrected chi connectivity index (χ0v) is 8.89. The van der Waals surface area contributed by atoms with Crippen molar-refractivity contribution in [3.05, 3.63) is 0 Å². The van der Waals surface area contributed by atoms with E-state index in [1.165, 1.54) is 18.9 Å². The molecule has 1 aliphatic carbocycles. The second-order valence-corrected chi connectivity index (χ2v) is 4.83. The number of aliphatic hydroxyl groups is 1. The summed E-state index contributed by atoms with van der Waals surface area (Å²) in [5.41, 5.74) is 0.172. The summed E-state index contributed by atoms with van der Waals surface area (Å²) in [5.74, 6) is 0.822. The summed E-state index contributed by atoms with van der Waals surface area (Å²) in [6.45, 7) is 1.58. The van der Waals surface area contributed by atoms with Crippen LogP contribution >= 0.6 is 11.8 Å². The first-order valence-corrected chi connectivity index (χ1v) is 5.41. The maximum absolute atomic E-state index is 10.7. The van der Waals surface area contributed by atoms with Crippen molar-refractivity contribution in [2.75, 3.05) is 12.9 Å². The molecule has 0 aromatic heterocycles. The fraction of sp³-hybridized carbons (Fsp3) is 0.889. The van der Waals surface area contributed by atoms with Gasteiger partial charge in [-0.25, -0.2) is 0 Å². The van der Waals surface area contributed by atoms with Gasteiger partial charge in [-0.05, 0) is 18.3 Å². The SMILES string of the molecule is COC(O)CC1(CSC(C)=O)CC1. The van der Waals surface area contributed by atoms with Crippen molar-refractivity contribution in [3.63, 3.8) is 0 Å². The van der Waals surface area contributed by atoms with E-state index >= 15 is 0 Å². The van der Waals surface area contributed by atoms with Gasteiger partial charge in [0.1, 0.15) is 0 Å². The third-order valence-electron chi connectivity index (χ3n) is 2.42. The summed E-state index contributed by atoms with van der Waals surface area (Å²) >= 11 is 1.35. The first kappa shape index (κ1) is 11.0. The lowest BCUT2D eigenvalue weighted by Gasteiger charge is -2.16. The molecule has 0 heterocycles. The van der Waals surface area contributed by atoms with Crippen molar-refractivity contribution in [1.82, 2.24) is 0 Å². The molecule has 0 aromatic rings. The topological polar surface area (TPSA) is 46.5 Å². The Bertz CT molecular complexity index is 189. The maximum atomic E-state index is 10.7. The van der Waals surface area contributed by atoms with Crippen molar-refractivity contribution in [1.29, 1.82) is 0 Å². The van der Waals surface area contributed by atoms with Crippen LogP contribution in [0.2, 0.25) is 0 Å². The molecule has 76 valence electrons. The van der Waals surface area contributed by atoms with Gasteiger partial charge in [-0.15, -0.1) is 0 Å². The van der Waals surface area contributed by atoms with Crippen LogP contribution in [0.3, 0.4) is 0 Å². The second-order valence-electron chi connectivity index (χ2n) is 3.67. The van der Waals surface area contributed by atoms with Gasteiger partial charge in [0.25, 0.3) is 0 Å². The van der Waals surface area contributed by atoms with Crippen LogP contribution in [-0.4, -0.2) is 29.4 Å². The highest BCUT2D eigenvalue weighted by atomic mass is 32.2. The number of methoxy groups -OCH3 is 1. The molecule has 0 saturated heterocycles. The van der Waals surface area contributed by atoms with Gasteiger partial charge in [-0.2, -0.15) is 0 Å². The zero-order chi connectivity index (χ0) is 9.90. The standard InChI is InChI=1S/C9H16O3S/c1-7(10)13-6-9(3-4-9)5-8(11)12-2/h8,11H,3-6H2,1-2H3. The highest BCUT2D eigenvalue weighted by molar-refractivity contribution is 8.13. The lowest BCUT2D eigenvalue weighted by molar-refractivity contribution is -0.109. The number of ether oxygens (including phenoxy) is 1. The van der Waals surface area contributed by atoms with Gasteiger partial charge < -0.3 is 9.84 Å². The van der Waals surface area contributed by atoms with Crippen LogP contribution in [0.25, 0.3) is 0 Å². The Hall–Kier alpha value is -0.0600. The third-order valence-corrected chi connectivity index (χ3v) is 3.58. The number of carbonyl (C=O) groups excluding carboxylic acids is 1. The fourth-order valence-corrected chi connectivity index (χ4v) is 2.21. The summed E-state index contributed by atoms with van der Waals surface area (Å²) in [4.78, 5) is 10.7. The molecule has 3 nitrogen and oxygen atoms in total. The third kappa shape index (κ3) is 3.67. The molecule has 13 heavy (non-hydrogen) atoms. The number of rotatable bonds is 5. The molecule has 1 atom stereocenters. The molecule has 0 radical (unpaired) electrons. The van der Waals surface area contributed by atoms with E-state index in [4.69, 9.17) is 4.74 Å². The van der Waals surface area contributed by atoms with Crippen LogP contribution in [0.1, 0.15) is 26.2 Å². The van der Waals surface area contributed by atoms with E-state index in [9.17, 15) is 9.90 Å². The van der Waals surface area contributed by atoms with Crippen LogP contribution in [0.5, 0.6) is 0 Å². The molecule has 0 spiro atoms. The number of carbonyl (C=O) groups is 1. The van der Waals surface area contributed by atoms with Crippen molar-refractivity contribution in [2.45, 2.75) is 32.5 Å². The quantitative estimate of drug-likeness (QED) is 0.688. The molecule has 1 unspecified atom stereocenters. The van der Waals surface area contributed by atoms with Gasteiger partial charge in [0.2, 0.25) is 0 Å². The number of hydrogen-bond donors (Lipinski definition) is 1. The molecule has 1 saturated carbocycles. The normalized spacial score (nSPS) is 21.2. The molecule has 1 N–H and O–H groups in total. The van der Waals surface area contributed by atoms with Crippen LogP contribution in [0, 0.1) is 5.41 Å². The first-order chi connectivity index (χ1) is 6.08. The molecule has 0 aliphatic heterocycles. The molecule has 1 rings (SSSR count). The van der Waals surface area contributed by atoms with Crippen LogP contribution in [-0.2, 0) is 9.53 Å². The van der Waals surface area contributed by atoms with Crippen molar-refractivity contribution >= 4 is 16.9 Å². The van der Waals surface area contributed by atoms with E-state index in [2.05, 4.69) is 0 Å². The predicted octanol–water partition coefficient (Wildman–Crippen LogP) is 1.40. The minimum atomic E-state index is -0.671. The monoisotopic (exact) mass is 204 g/mol. The van der Waals surface area contributed by atoms with E-state index in [0.717, 1.165) is 18.6 Å². The lowest BCUT2D eigenvalue weighted by atomic mass is 10.1. The second kappa shape index (κ2) is 4.44. The minimum Gasteiger partial charge on any atom is -0.368 e. The van der Waals surface area contributed by atoms with E-state index in [0.29, 0.717) is 6.42 Å². The molecular weight excluding hydrogens is 188 g/mol. The van der Waals surface area contributed by atoms with Gasteiger partial charge in [-0.1, -0.05) is 11.8 Å². The number of aliphatic hydroxyl groups excluding tert-OH is 1. The van der Waals surface area contributed by atoms with Gasteiger partial charge in [0.15, 0.2) is 11.4 Å². The highest BCUT2D eigenvalue weighted by Gasteiger charge is 2.44. The molecule has 0 amide bonds. The van der Waals surface area contributed by atoms with Gasteiger partial charge in [0, 0.05) is 26.2 Å². The molecule has 0 aromatic carbocycles. The van der Waals surface area contributed by atoms with E-state index in [1.807, 2.05) is 0 Å². The lowest BCUT2D eigenvalue weighted by Crippen LogP contribution is -2.18. The van der Waals surface area contributed by atoms with E-state index < -0.39 is 6.29 Å². The first-order valence-electron chi connectivity index (χ1n) is 4.42. The Morgan fingerprint density at radius 2 is 2.31 bits per heavy atom. The molecule has 1 aliphatic rings. The Morgan fingerprint density at radius 1 is 1.69 bits per heavy atom. The number of hydrogen-bond acceptors (Lipinski definition) is 4. The Labute approximate surface area is 82.8 Å². The smallest absolute Gasteiger partial charge is 0.185 e. The van der Waals surface area contributed by atoms with E-state index in [-0.39, 0.29) is 10.5 Å². The molecule has 0 bridgehead atoms. The van der Waals surface area contributed by atoms with Gasteiger partial charge >= 0.3 is 0 Å². The van der Waals surface area contributed by atoms with Crippen LogP contribution in [0.4, 0.5) is 0 Å². The predicted molar refractivity (Wildman–Crippen MR) is 52.4 cm³/mol. The fourth-order valence-electron chi connectivity index (χ4n) is 1.29. The van der Waals surface area contributed by atoms with Gasteiger partial charge in [0.05, 0.1) is 0 Å². The maximum Gasteiger partial charge on any atom is 0.185 e. The molecule has 1 fully saturated rings. The Morgan fingerprint density at radius 3 is 2.69 bits per heavy atom. The Balaban J connectivity index is 2.26. The summed E-state index contributed by atoms with van der Waals surface area (Å²) < 4.78 is 4.79. The average Bonchev–Trinajstić information content (AvgIpc) is 2.82. The Kier molecular flexibility index (Phi) is 3.76. The van der Waals surface area contributed by atoms with Gasteiger partial charge in [-0.3, -0.25) is 4.79 Å². The highest BCUT2D eigenvalue weighted by Crippen LogP contribution is 2.51. The summed E-state index contributed by atoms with van der Waals surface area (Å²) in [6.07, 6.45) is 2.20. The van der Waals surface area contributed by atoms with Crippen molar-refractivity contribution in [3.8, 4) is 0 Å². The van der Waals surface area contributed by atoms with Crippen molar-refractivity contribution in [2.24, 2.45) is 5.41 Å². The van der Waals surface area contributed by atoms with Crippen molar-refractivity contribution < 1.29 is 14.6 Å². The largest absolute Gasteiger partial charge is 0.368 e. The summed E-state index contributed by atoms with van der Waals surface area (Å²) in [6, 6.07) is 0. The van der Waals surface area contributed by atoms with E-state index in [1.54, 1.807) is 6.92 Å². The minimum absolute atomic E-state index is 0.151. The van der Waals surface area contributed by atoms with Crippen LogP contribution in [0.15, 0.2) is 0 Å². The zero-order valence-electron chi connectivity index (χ0n) is 8.08. The summed E-state index contributed by atoms with van der Waals surface area (Å²) in [7, 11) is 1.50. The molecular formula is C9H16O3S.